The molecule has 6 nitrogen and oxygen atoms in total. The molecule has 0 unspecified atom stereocenters. The summed E-state index contributed by atoms with van der Waals surface area (Å²) in [6, 6.07) is 11.7. The highest BCUT2D eigenvalue weighted by Gasteiger charge is 2.15. The third kappa shape index (κ3) is 3.01. The standard InChI is InChI=1S/C18H15N5OS/c1-11-13-6-2-3-7-14(13)25-16(11)18(24)20-10-15-21-17(23-22-15)12-5-4-8-19-9-12/h2-9H,10H2,1H3,(H,20,24)(H,21,22,23). The molecule has 0 fully saturated rings. The van der Waals surface area contributed by atoms with Crippen molar-refractivity contribution in [3.8, 4) is 11.4 Å². The van der Waals surface area contributed by atoms with Gasteiger partial charge in [0.1, 0.15) is 5.82 Å². The number of carbonyl (C=O) groups is 1. The molecule has 25 heavy (non-hydrogen) atoms. The molecule has 124 valence electrons. The summed E-state index contributed by atoms with van der Waals surface area (Å²) in [6.45, 7) is 2.27. The van der Waals surface area contributed by atoms with Gasteiger partial charge in [0, 0.05) is 22.7 Å². The van der Waals surface area contributed by atoms with Crippen LogP contribution in [0.3, 0.4) is 0 Å². The van der Waals surface area contributed by atoms with Crippen LogP contribution in [-0.2, 0) is 6.54 Å². The number of pyridine rings is 1. The van der Waals surface area contributed by atoms with Crippen LogP contribution >= 0.6 is 11.3 Å². The lowest BCUT2D eigenvalue weighted by atomic mass is 10.1. The molecule has 0 radical (unpaired) electrons. The van der Waals surface area contributed by atoms with Crippen molar-refractivity contribution in [1.82, 2.24) is 25.5 Å². The van der Waals surface area contributed by atoms with E-state index >= 15 is 0 Å². The Hall–Kier alpha value is -3.06. The van der Waals surface area contributed by atoms with Crippen molar-refractivity contribution < 1.29 is 4.79 Å². The Kier molecular flexibility index (Phi) is 3.99. The van der Waals surface area contributed by atoms with E-state index in [1.807, 2.05) is 43.3 Å². The highest BCUT2D eigenvalue weighted by atomic mass is 32.1. The summed E-state index contributed by atoms with van der Waals surface area (Å²) in [5, 5.41) is 11.0. The van der Waals surface area contributed by atoms with E-state index in [4.69, 9.17) is 0 Å². The van der Waals surface area contributed by atoms with Gasteiger partial charge in [0.05, 0.1) is 11.4 Å². The summed E-state index contributed by atoms with van der Waals surface area (Å²) in [4.78, 5) is 21.7. The number of hydrogen-bond donors (Lipinski definition) is 2. The molecule has 4 rings (SSSR count). The summed E-state index contributed by atoms with van der Waals surface area (Å²) in [7, 11) is 0. The molecule has 0 saturated heterocycles. The molecule has 0 spiro atoms. The van der Waals surface area contributed by atoms with Gasteiger partial charge in [-0.3, -0.25) is 14.9 Å². The van der Waals surface area contributed by atoms with Crippen molar-refractivity contribution in [2.45, 2.75) is 13.5 Å². The number of aromatic nitrogens is 4. The Bertz CT molecular complexity index is 1040. The number of rotatable bonds is 4. The first-order valence-corrected chi connectivity index (χ1v) is 8.62. The van der Waals surface area contributed by atoms with Crippen LogP contribution in [0.1, 0.15) is 21.1 Å². The minimum Gasteiger partial charge on any atom is -0.344 e. The summed E-state index contributed by atoms with van der Waals surface area (Å²) >= 11 is 1.50. The van der Waals surface area contributed by atoms with Gasteiger partial charge < -0.3 is 5.32 Å². The van der Waals surface area contributed by atoms with Gasteiger partial charge in [-0.1, -0.05) is 18.2 Å². The first kappa shape index (κ1) is 15.5. The number of aryl methyl sites for hydroxylation is 1. The second-order valence-corrected chi connectivity index (χ2v) is 6.63. The maximum atomic E-state index is 12.5. The number of amides is 1. The molecule has 1 amide bonds. The Morgan fingerprint density at radius 1 is 1.24 bits per heavy atom. The van der Waals surface area contributed by atoms with Gasteiger partial charge in [-0.05, 0) is 36.1 Å². The number of benzene rings is 1. The van der Waals surface area contributed by atoms with E-state index in [0.717, 1.165) is 26.1 Å². The van der Waals surface area contributed by atoms with Crippen molar-refractivity contribution in [3.05, 3.63) is 65.1 Å². The summed E-state index contributed by atoms with van der Waals surface area (Å²) in [6.07, 6.45) is 3.40. The molecule has 3 heterocycles. The van der Waals surface area contributed by atoms with E-state index in [1.165, 1.54) is 11.3 Å². The van der Waals surface area contributed by atoms with Gasteiger partial charge >= 0.3 is 0 Å². The number of aromatic amines is 1. The molecule has 0 saturated carbocycles. The lowest BCUT2D eigenvalue weighted by Gasteiger charge is -2.01. The largest absolute Gasteiger partial charge is 0.344 e. The van der Waals surface area contributed by atoms with Gasteiger partial charge in [-0.2, -0.15) is 5.10 Å². The van der Waals surface area contributed by atoms with Gasteiger partial charge in [0.15, 0.2) is 5.82 Å². The molecule has 1 aromatic carbocycles. The number of fused-ring (bicyclic) bond motifs is 1. The van der Waals surface area contributed by atoms with Crippen LogP contribution < -0.4 is 5.32 Å². The van der Waals surface area contributed by atoms with Gasteiger partial charge in [0.25, 0.3) is 5.91 Å². The number of thiophene rings is 1. The second-order valence-electron chi connectivity index (χ2n) is 5.58. The third-order valence-corrected chi connectivity index (χ3v) is 5.19. The van der Waals surface area contributed by atoms with Crippen LogP contribution in [0.2, 0.25) is 0 Å². The summed E-state index contributed by atoms with van der Waals surface area (Å²) in [5.74, 6) is 1.07. The van der Waals surface area contributed by atoms with E-state index < -0.39 is 0 Å². The van der Waals surface area contributed by atoms with Crippen molar-refractivity contribution in [2.24, 2.45) is 0 Å². The minimum atomic E-state index is -0.0990. The molecular formula is C18H15N5OS. The topological polar surface area (TPSA) is 83.6 Å². The number of nitrogens with zero attached hydrogens (tertiary/aromatic N) is 3. The Morgan fingerprint density at radius 2 is 2.12 bits per heavy atom. The Balaban J connectivity index is 1.48. The average molecular weight is 349 g/mol. The van der Waals surface area contributed by atoms with Crippen LogP contribution in [-0.4, -0.2) is 26.1 Å². The molecule has 0 aliphatic heterocycles. The van der Waals surface area contributed by atoms with Crippen LogP contribution in [0.5, 0.6) is 0 Å². The maximum absolute atomic E-state index is 12.5. The fourth-order valence-electron chi connectivity index (χ4n) is 2.63. The van der Waals surface area contributed by atoms with Crippen molar-refractivity contribution in [3.63, 3.8) is 0 Å². The van der Waals surface area contributed by atoms with Crippen LogP contribution in [0.25, 0.3) is 21.5 Å². The van der Waals surface area contributed by atoms with Gasteiger partial charge in [-0.15, -0.1) is 11.3 Å². The lowest BCUT2D eigenvalue weighted by Crippen LogP contribution is -2.23. The van der Waals surface area contributed by atoms with Crippen molar-refractivity contribution in [2.75, 3.05) is 0 Å². The van der Waals surface area contributed by atoms with E-state index in [0.29, 0.717) is 18.2 Å². The highest BCUT2D eigenvalue weighted by Crippen LogP contribution is 2.30. The molecule has 0 bridgehead atoms. The highest BCUT2D eigenvalue weighted by molar-refractivity contribution is 7.21. The SMILES string of the molecule is Cc1c(C(=O)NCc2nc(-c3cccnc3)n[nH]2)sc2ccccc12. The summed E-state index contributed by atoms with van der Waals surface area (Å²) < 4.78 is 1.11. The average Bonchev–Trinajstić information content (AvgIpc) is 3.26. The van der Waals surface area contributed by atoms with E-state index in [-0.39, 0.29) is 5.91 Å². The van der Waals surface area contributed by atoms with Crippen LogP contribution in [0.15, 0.2) is 48.8 Å². The first-order chi connectivity index (χ1) is 12.2. The van der Waals surface area contributed by atoms with Crippen molar-refractivity contribution in [1.29, 1.82) is 0 Å². The zero-order valence-corrected chi connectivity index (χ0v) is 14.3. The molecule has 4 aromatic rings. The number of nitrogens with one attached hydrogen (secondary N) is 2. The molecule has 0 aliphatic carbocycles. The predicted octanol–water partition coefficient (Wildman–Crippen LogP) is 3.32. The monoisotopic (exact) mass is 349 g/mol. The Morgan fingerprint density at radius 3 is 2.92 bits per heavy atom. The molecule has 2 N–H and O–H groups in total. The lowest BCUT2D eigenvalue weighted by molar-refractivity contribution is 0.0953. The first-order valence-electron chi connectivity index (χ1n) is 7.80. The number of carbonyl (C=O) groups excluding carboxylic acids is 1. The number of hydrogen-bond acceptors (Lipinski definition) is 5. The normalized spacial score (nSPS) is 10.9. The van der Waals surface area contributed by atoms with E-state index in [9.17, 15) is 4.79 Å². The predicted molar refractivity (Wildman–Crippen MR) is 97.3 cm³/mol. The zero-order chi connectivity index (χ0) is 17.2. The number of H-pyrrole nitrogens is 1. The maximum Gasteiger partial charge on any atom is 0.262 e. The second kappa shape index (κ2) is 6.45. The molecular weight excluding hydrogens is 334 g/mol. The minimum absolute atomic E-state index is 0.0990. The van der Waals surface area contributed by atoms with Crippen LogP contribution in [0.4, 0.5) is 0 Å². The Labute approximate surface area is 148 Å². The van der Waals surface area contributed by atoms with Crippen molar-refractivity contribution >= 4 is 27.3 Å². The van der Waals surface area contributed by atoms with E-state index in [1.54, 1.807) is 12.4 Å². The van der Waals surface area contributed by atoms with Crippen LogP contribution in [0, 0.1) is 6.92 Å². The van der Waals surface area contributed by atoms with Gasteiger partial charge in [-0.25, -0.2) is 4.98 Å². The molecule has 0 atom stereocenters. The third-order valence-electron chi connectivity index (χ3n) is 3.92. The molecule has 7 heteroatoms. The summed E-state index contributed by atoms with van der Waals surface area (Å²) in [5.41, 5.74) is 1.84. The van der Waals surface area contributed by atoms with Gasteiger partial charge in [0.2, 0.25) is 0 Å². The molecule has 0 aliphatic rings. The fourth-order valence-corrected chi connectivity index (χ4v) is 3.76. The smallest absolute Gasteiger partial charge is 0.262 e. The van der Waals surface area contributed by atoms with E-state index in [2.05, 4.69) is 25.5 Å². The zero-order valence-electron chi connectivity index (χ0n) is 13.5. The molecule has 3 aromatic heterocycles. The fraction of sp³-hybridized carbons (Fsp3) is 0.111. The quantitative estimate of drug-likeness (QED) is 0.592.